The molecule has 0 N–H and O–H groups in total. The summed E-state index contributed by atoms with van der Waals surface area (Å²) in [5.74, 6) is -1.68. The molecule has 8 aromatic rings. The van der Waals surface area contributed by atoms with Gasteiger partial charge in [-0.1, -0.05) is 121 Å². The Morgan fingerprint density at radius 2 is 0.469 bits per heavy atom. The molecule has 0 aliphatic rings. The molecule has 0 aliphatic heterocycles. The summed E-state index contributed by atoms with van der Waals surface area (Å²) in [5, 5.41) is 7.39. The Kier molecular flexibility index (Phi) is 13.5. The highest BCUT2D eigenvalue weighted by Crippen LogP contribution is 2.42. The van der Waals surface area contributed by atoms with Gasteiger partial charge in [-0.15, -0.1) is 0 Å². The van der Waals surface area contributed by atoms with Crippen molar-refractivity contribution in [1.29, 1.82) is 0 Å². The second kappa shape index (κ2) is 19.4. The van der Waals surface area contributed by atoms with Crippen molar-refractivity contribution in [3.05, 3.63) is 168 Å². The Bertz CT molecular complexity index is 2640. The van der Waals surface area contributed by atoms with Crippen LogP contribution in [0.1, 0.15) is 96.8 Å². The number of carbonyl (C=O) groups is 4. The number of ether oxygens (including phenoxy) is 4. The molecule has 64 heavy (non-hydrogen) atoms. The SMILES string of the molecule is CC(C)OC(=O)c1ccc2ccccc2c1-c1c(C(=O)OC(C)C)ccc2ccccc12.CC(C)OC(=O)c1ccc2ccccc2c1-c1c(C(=O)OC(C)C)ccc2ccccc12. The minimum atomic E-state index is -0.420. The highest BCUT2D eigenvalue weighted by Gasteiger charge is 2.27. The van der Waals surface area contributed by atoms with Crippen LogP contribution in [0.15, 0.2) is 146 Å². The topological polar surface area (TPSA) is 105 Å². The van der Waals surface area contributed by atoms with Gasteiger partial charge in [-0.25, -0.2) is 19.2 Å². The van der Waals surface area contributed by atoms with E-state index in [1.807, 2.05) is 177 Å². The standard InChI is InChI=1S/2C28H26O4/c2*1-17(2)31-27(29)23-15-13-19-9-5-7-11-21(19)25(23)26-22-12-8-6-10-20(22)14-16-24(26)28(30)32-18(3)4/h2*5-18H,1-4H3. The molecule has 8 nitrogen and oxygen atoms in total. The maximum Gasteiger partial charge on any atom is 0.339 e. The quantitative estimate of drug-likeness (QED) is 0.0989. The summed E-state index contributed by atoms with van der Waals surface area (Å²) < 4.78 is 22.3. The Morgan fingerprint density at radius 1 is 0.281 bits per heavy atom. The predicted octanol–water partition coefficient (Wildman–Crippen LogP) is 13.6. The van der Waals surface area contributed by atoms with Crippen molar-refractivity contribution in [3.8, 4) is 22.3 Å². The molecule has 0 aromatic heterocycles. The number of hydrogen-bond donors (Lipinski definition) is 0. The number of carbonyl (C=O) groups excluding carboxylic acids is 4. The van der Waals surface area contributed by atoms with Crippen molar-refractivity contribution in [3.63, 3.8) is 0 Å². The molecule has 0 aliphatic carbocycles. The van der Waals surface area contributed by atoms with Gasteiger partial charge in [0, 0.05) is 22.3 Å². The zero-order valence-electron chi connectivity index (χ0n) is 37.4. The van der Waals surface area contributed by atoms with Gasteiger partial charge in [0.15, 0.2) is 0 Å². The van der Waals surface area contributed by atoms with Gasteiger partial charge in [0.1, 0.15) is 0 Å². The number of benzene rings is 8. The lowest BCUT2D eigenvalue weighted by Gasteiger charge is -2.19. The third kappa shape index (κ3) is 9.52. The summed E-state index contributed by atoms with van der Waals surface area (Å²) >= 11 is 0. The average Bonchev–Trinajstić information content (AvgIpc) is 3.26. The summed E-state index contributed by atoms with van der Waals surface area (Å²) in [4.78, 5) is 52.6. The first-order valence-electron chi connectivity index (χ1n) is 21.6. The summed E-state index contributed by atoms with van der Waals surface area (Å²) in [6.45, 7) is 14.6. The highest BCUT2D eigenvalue weighted by atomic mass is 16.6. The second-order valence-corrected chi connectivity index (χ2v) is 16.7. The van der Waals surface area contributed by atoms with Crippen LogP contribution in [0.5, 0.6) is 0 Å². The van der Waals surface area contributed by atoms with E-state index in [9.17, 15) is 19.2 Å². The van der Waals surface area contributed by atoms with Gasteiger partial charge in [-0.2, -0.15) is 0 Å². The number of esters is 4. The molecule has 8 aromatic carbocycles. The van der Waals surface area contributed by atoms with Crippen LogP contribution in [0.2, 0.25) is 0 Å². The van der Waals surface area contributed by atoms with Gasteiger partial charge >= 0.3 is 23.9 Å². The Hall–Kier alpha value is -7.32. The molecule has 0 radical (unpaired) electrons. The van der Waals surface area contributed by atoms with E-state index < -0.39 is 23.9 Å². The van der Waals surface area contributed by atoms with E-state index in [1.54, 1.807) is 24.3 Å². The van der Waals surface area contributed by atoms with Gasteiger partial charge in [0.2, 0.25) is 0 Å². The molecule has 0 unspecified atom stereocenters. The van der Waals surface area contributed by atoms with E-state index in [2.05, 4.69) is 0 Å². The molecule has 8 rings (SSSR count). The van der Waals surface area contributed by atoms with Gasteiger partial charge in [-0.05, 0) is 123 Å². The maximum absolute atomic E-state index is 13.1. The van der Waals surface area contributed by atoms with Crippen LogP contribution < -0.4 is 0 Å². The van der Waals surface area contributed by atoms with Crippen molar-refractivity contribution in [2.45, 2.75) is 79.8 Å². The van der Waals surface area contributed by atoms with Crippen LogP contribution in [0.25, 0.3) is 65.3 Å². The van der Waals surface area contributed by atoms with Crippen molar-refractivity contribution >= 4 is 67.0 Å². The summed E-state index contributed by atoms with van der Waals surface area (Å²) in [6, 6.07) is 46.1. The van der Waals surface area contributed by atoms with E-state index in [0.717, 1.165) is 43.1 Å². The minimum absolute atomic E-state index is 0.264. The van der Waals surface area contributed by atoms with Crippen molar-refractivity contribution in [1.82, 2.24) is 0 Å². The highest BCUT2D eigenvalue weighted by molar-refractivity contribution is 6.19. The van der Waals surface area contributed by atoms with Crippen LogP contribution in [0.4, 0.5) is 0 Å². The van der Waals surface area contributed by atoms with Crippen LogP contribution in [-0.2, 0) is 18.9 Å². The van der Waals surface area contributed by atoms with E-state index in [1.165, 1.54) is 0 Å². The third-order valence-electron chi connectivity index (χ3n) is 10.5. The monoisotopic (exact) mass is 852 g/mol. The zero-order chi connectivity index (χ0) is 45.7. The number of fused-ring (bicyclic) bond motifs is 4. The maximum atomic E-state index is 13.1. The van der Waals surface area contributed by atoms with Crippen LogP contribution in [0, 0.1) is 0 Å². The van der Waals surface area contributed by atoms with E-state index in [-0.39, 0.29) is 24.4 Å². The fourth-order valence-corrected chi connectivity index (χ4v) is 7.95. The third-order valence-corrected chi connectivity index (χ3v) is 10.5. The molecule has 0 heterocycles. The van der Waals surface area contributed by atoms with E-state index >= 15 is 0 Å². The number of hydrogen-bond acceptors (Lipinski definition) is 8. The molecule has 0 atom stereocenters. The first-order valence-corrected chi connectivity index (χ1v) is 21.6. The second-order valence-electron chi connectivity index (χ2n) is 16.7. The first kappa shape index (κ1) is 44.7. The fraction of sp³-hybridized carbons (Fsp3) is 0.214. The van der Waals surface area contributed by atoms with Gasteiger partial charge in [-0.3, -0.25) is 0 Å². The Morgan fingerprint density at radius 3 is 0.656 bits per heavy atom. The van der Waals surface area contributed by atoms with E-state index in [4.69, 9.17) is 18.9 Å². The first-order chi connectivity index (χ1) is 30.7. The molecular formula is C56H52O8. The molecule has 324 valence electrons. The van der Waals surface area contributed by atoms with Crippen molar-refractivity contribution in [2.75, 3.05) is 0 Å². The molecule has 0 saturated heterocycles. The minimum Gasteiger partial charge on any atom is -0.459 e. The predicted molar refractivity (Wildman–Crippen MR) is 256 cm³/mol. The lowest BCUT2D eigenvalue weighted by atomic mass is 9.87. The lowest BCUT2D eigenvalue weighted by Crippen LogP contribution is -2.15. The zero-order valence-corrected chi connectivity index (χ0v) is 37.4. The van der Waals surface area contributed by atoms with Gasteiger partial charge in [0.05, 0.1) is 46.7 Å². The van der Waals surface area contributed by atoms with E-state index in [0.29, 0.717) is 44.5 Å². The van der Waals surface area contributed by atoms with Crippen molar-refractivity contribution < 1.29 is 38.1 Å². The Balaban J connectivity index is 0.000000191. The molecular weight excluding hydrogens is 801 g/mol. The Labute approximate surface area is 373 Å². The van der Waals surface area contributed by atoms with Gasteiger partial charge < -0.3 is 18.9 Å². The molecule has 8 heteroatoms. The molecule has 0 amide bonds. The van der Waals surface area contributed by atoms with Crippen LogP contribution >= 0.6 is 0 Å². The largest absolute Gasteiger partial charge is 0.459 e. The molecule has 0 bridgehead atoms. The van der Waals surface area contributed by atoms with Gasteiger partial charge in [0.25, 0.3) is 0 Å². The fourth-order valence-electron chi connectivity index (χ4n) is 7.95. The summed E-state index contributed by atoms with van der Waals surface area (Å²) in [5.41, 5.74) is 4.42. The van der Waals surface area contributed by atoms with Crippen LogP contribution in [-0.4, -0.2) is 48.3 Å². The summed E-state index contributed by atoms with van der Waals surface area (Å²) in [6.07, 6.45) is -1.06. The molecule has 0 saturated carbocycles. The van der Waals surface area contributed by atoms with Crippen LogP contribution in [0.3, 0.4) is 0 Å². The molecule has 0 spiro atoms. The normalized spacial score (nSPS) is 11.3. The smallest absolute Gasteiger partial charge is 0.339 e. The van der Waals surface area contributed by atoms with Crippen molar-refractivity contribution in [2.24, 2.45) is 0 Å². The summed E-state index contributed by atoms with van der Waals surface area (Å²) in [7, 11) is 0. The average molecular weight is 853 g/mol. The lowest BCUT2D eigenvalue weighted by molar-refractivity contribution is 0.0365. The number of rotatable bonds is 10. The molecule has 0 fully saturated rings.